The number of carbonyl (C=O) groups is 2. The van der Waals surface area contributed by atoms with Crippen molar-refractivity contribution in [2.75, 3.05) is 19.6 Å². The van der Waals surface area contributed by atoms with Crippen molar-refractivity contribution < 1.29 is 27.9 Å². The fraction of sp³-hybridized carbons (Fsp3) is 0.579. The predicted molar refractivity (Wildman–Crippen MR) is 91.7 cm³/mol. The third-order valence-corrected chi connectivity index (χ3v) is 5.50. The Balaban J connectivity index is 1.74. The lowest BCUT2D eigenvalue weighted by molar-refractivity contribution is -0.188. The highest BCUT2D eigenvalue weighted by atomic mass is 19.4. The molecule has 148 valence electrons. The number of carboxylic acids is 1. The van der Waals surface area contributed by atoms with Gasteiger partial charge < -0.3 is 10.0 Å². The zero-order valence-electron chi connectivity index (χ0n) is 14.9. The Kier molecular flexibility index (Phi) is 5.74. The second-order valence-electron chi connectivity index (χ2n) is 7.30. The number of nitrogens with zero attached hydrogens (tertiary/aromatic N) is 2. The van der Waals surface area contributed by atoms with Crippen LogP contribution in [-0.4, -0.2) is 58.6 Å². The lowest BCUT2D eigenvalue weighted by Crippen LogP contribution is -2.50. The maximum absolute atomic E-state index is 13.2. The van der Waals surface area contributed by atoms with Gasteiger partial charge >= 0.3 is 12.1 Å². The maximum Gasteiger partial charge on any atom is 0.394 e. The molecule has 2 aliphatic rings. The molecule has 0 radical (unpaired) electrons. The van der Waals surface area contributed by atoms with E-state index in [1.807, 2.05) is 35.2 Å². The highest BCUT2D eigenvalue weighted by Gasteiger charge is 2.54. The number of likely N-dealkylation sites (tertiary alicyclic amines) is 2. The molecule has 0 aromatic heterocycles. The summed E-state index contributed by atoms with van der Waals surface area (Å²) in [5.74, 6) is -5.49. The molecule has 8 heteroatoms. The molecule has 27 heavy (non-hydrogen) atoms. The molecule has 1 amide bonds. The van der Waals surface area contributed by atoms with Gasteiger partial charge in [0.2, 0.25) is 5.91 Å². The Morgan fingerprint density at radius 2 is 1.81 bits per heavy atom. The SMILES string of the molecule is O=C(O)[C@@H]1CN(C(=O)C2CCCCN2Cc2ccccc2)C[C@H]1C(F)(F)F. The van der Waals surface area contributed by atoms with Crippen LogP contribution in [0, 0.1) is 11.8 Å². The van der Waals surface area contributed by atoms with Crippen LogP contribution in [0.4, 0.5) is 13.2 Å². The minimum absolute atomic E-state index is 0.381. The quantitative estimate of drug-likeness (QED) is 0.867. The summed E-state index contributed by atoms with van der Waals surface area (Å²) in [6.07, 6.45) is -2.29. The van der Waals surface area contributed by atoms with Crippen molar-refractivity contribution in [3.8, 4) is 0 Å². The summed E-state index contributed by atoms with van der Waals surface area (Å²) < 4.78 is 39.6. The van der Waals surface area contributed by atoms with E-state index in [-0.39, 0.29) is 12.5 Å². The molecule has 3 atom stereocenters. The largest absolute Gasteiger partial charge is 0.481 e. The van der Waals surface area contributed by atoms with Crippen LogP contribution in [0.2, 0.25) is 0 Å². The lowest BCUT2D eigenvalue weighted by Gasteiger charge is -2.37. The molecule has 2 saturated heterocycles. The van der Waals surface area contributed by atoms with Crippen molar-refractivity contribution in [3.63, 3.8) is 0 Å². The molecule has 5 nitrogen and oxygen atoms in total. The van der Waals surface area contributed by atoms with Crippen LogP contribution in [-0.2, 0) is 16.1 Å². The Morgan fingerprint density at radius 3 is 2.41 bits per heavy atom. The molecule has 1 unspecified atom stereocenters. The normalized spacial score (nSPS) is 26.9. The third kappa shape index (κ3) is 4.43. The molecular weight excluding hydrogens is 361 g/mol. The summed E-state index contributed by atoms with van der Waals surface area (Å²) in [5, 5.41) is 9.16. The standard InChI is InChI=1S/C19H23F3N2O3/c20-19(21,22)15-12-24(11-14(15)18(26)27)17(25)16-8-4-5-9-23(16)10-13-6-2-1-3-7-13/h1-3,6-7,14-16H,4-5,8-12H2,(H,26,27)/t14-,15-,16?/m1/s1. The number of rotatable bonds is 4. The van der Waals surface area contributed by atoms with Crippen LogP contribution < -0.4 is 0 Å². The summed E-state index contributed by atoms with van der Waals surface area (Å²) in [6.45, 7) is 0.295. The zero-order valence-corrected chi connectivity index (χ0v) is 14.9. The van der Waals surface area contributed by atoms with E-state index >= 15 is 0 Å². The predicted octanol–water partition coefficient (Wildman–Crippen LogP) is 2.76. The van der Waals surface area contributed by atoms with Gasteiger partial charge in [0.05, 0.1) is 17.9 Å². The Labute approximate surface area is 155 Å². The minimum Gasteiger partial charge on any atom is -0.481 e. The molecule has 2 heterocycles. The molecule has 1 N–H and O–H groups in total. The molecule has 1 aromatic rings. The first-order valence-corrected chi connectivity index (χ1v) is 9.13. The number of aliphatic carboxylic acids is 1. The van der Waals surface area contributed by atoms with Crippen molar-refractivity contribution in [3.05, 3.63) is 35.9 Å². The number of benzene rings is 1. The molecule has 0 spiro atoms. The van der Waals surface area contributed by atoms with Gasteiger partial charge in [0.25, 0.3) is 0 Å². The molecule has 0 bridgehead atoms. The third-order valence-electron chi connectivity index (χ3n) is 5.50. The smallest absolute Gasteiger partial charge is 0.394 e. The molecular formula is C19H23F3N2O3. The van der Waals surface area contributed by atoms with Gasteiger partial charge in [0, 0.05) is 19.6 Å². The van der Waals surface area contributed by atoms with Gasteiger partial charge in [-0.05, 0) is 24.9 Å². The van der Waals surface area contributed by atoms with E-state index in [4.69, 9.17) is 5.11 Å². The molecule has 3 rings (SSSR count). The fourth-order valence-electron chi connectivity index (χ4n) is 4.05. The molecule has 0 saturated carbocycles. The summed E-state index contributed by atoms with van der Waals surface area (Å²) >= 11 is 0. The van der Waals surface area contributed by atoms with Crippen molar-refractivity contribution in [1.29, 1.82) is 0 Å². The van der Waals surface area contributed by atoms with Gasteiger partial charge in [-0.25, -0.2) is 0 Å². The van der Waals surface area contributed by atoms with Crippen LogP contribution in [0.5, 0.6) is 0 Å². The van der Waals surface area contributed by atoms with E-state index < -0.39 is 36.6 Å². The molecule has 2 fully saturated rings. The average molecular weight is 384 g/mol. The zero-order chi connectivity index (χ0) is 19.6. The number of amides is 1. The number of hydrogen-bond acceptors (Lipinski definition) is 3. The van der Waals surface area contributed by atoms with E-state index in [0.29, 0.717) is 19.5 Å². The van der Waals surface area contributed by atoms with Gasteiger partial charge in [0.15, 0.2) is 0 Å². The highest BCUT2D eigenvalue weighted by molar-refractivity contribution is 5.83. The summed E-state index contributed by atoms with van der Waals surface area (Å²) in [6, 6.07) is 9.11. The maximum atomic E-state index is 13.2. The number of piperidine rings is 1. The van der Waals surface area contributed by atoms with Crippen molar-refractivity contribution in [2.45, 2.75) is 38.0 Å². The minimum atomic E-state index is -4.63. The number of carbonyl (C=O) groups excluding carboxylic acids is 1. The number of hydrogen-bond donors (Lipinski definition) is 1. The fourth-order valence-corrected chi connectivity index (χ4v) is 4.05. The Hall–Kier alpha value is -2.09. The average Bonchev–Trinajstić information content (AvgIpc) is 3.09. The number of halogens is 3. The van der Waals surface area contributed by atoms with Crippen LogP contribution in [0.15, 0.2) is 30.3 Å². The first kappa shape index (κ1) is 19.7. The lowest BCUT2D eigenvalue weighted by atomic mass is 9.96. The monoisotopic (exact) mass is 384 g/mol. The van der Waals surface area contributed by atoms with Crippen molar-refractivity contribution in [1.82, 2.24) is 9.80 Å². The molecule has 2 aliphatic heterocycles. The second-order valence-corrected chi connectivity index (χ2v) is 7.30. The van der Waals surface area contributed by atoms with E-state index in [9.17, 15) is 22.8 Å². The second kappa shape index (κ2) is 7.88. The van der Waals surface area contributed by atoms with Gasteiger partial charge in [-0.1, -0.05) is 36.8 Å². The van der Waals surface area contributed by atoms with Crippen molar-refractivity contribution in [2.24, 2.45) is 11.8 Å². The van der Waals surface area contributed by atoms with E-state index in [2.05, 4.69) is 0 Å². The summed E-state index contributed by atoms with van der Waals surface area (Å²) in [4.78, 5) is 27.3. The van der Waals surface area contributed by atoms with Gasteiger partial charge in [0.1, 0.15) is 0 Å². The van der Waals surface area contributed by atoms with Crippen molar-refractivity contribution >= 4 is 11.9 Å². The van der Waals surface area contributed by atoms with E-state index in [0.717, 1.165) is 23.3 Å². The summed E-state index contributed by atoms with van der Waals surface area (Å²) in [5.41, 5.74) is 1.04. The van der Waals surface area contributed by atoms with Gasteiger partial charge in [-0.2, -0.15) is 13.2 Å². The summed E-state index contributed by atoms with van der Waals surface area (Å²) in [7, 11) is 0. The molecule has 1 aromatic carbocycles. The van der Waals surface area contributed by atoms with E-state index in [1.54, 1.807) is 0 Å². The number of carboxylic acid groups (broad SMARTS) is 1. The first-order valence-electron chi connectivity index (χ1n) is 9.13. The van der Waals surface area contributed by atoms with Crippen LogP contribution in [0.3, 0.4) is 0 Å². The molecule has 0 aliphatic carbocycles. The Morgan fingerprint density at radius 1 is 1.11 bits per heavy atom. The highest BCUT2D eigenvalue weighted by Crippen LogP contribution is 2.38. The van der Waals surface area contributed by atoms with E-state index in [1.165, 1.54) is 0 Å². The Bertz CT molecular complexity index is 681. The topological polar surface area (TPSA) is 60.9 Å². The van der Waals surface area contributed by atoms with Gasteiger partial charge in [-0.3, -0.25) is 14.5 Å². The van der Waals surface area contributed by atoms with Crippen LogP contribution >= 0.6 is 0 Å². The first-order chi connectivity index (χ1) is 12.8. The van der Waals surface area contributed by atoms with Crippen LogP contribution in [0.25, 0.3) is 0 Å². The van der Waals surface area contributed by atoms with Crippen LogP contribution in [0.1, 0.15) is 24.8 Å². The van der Waals surface area contributed by atoms with Gasteiger partial charge in [-0.15, -0.1) is 0 Å². The number of alkyl halides is 3.